The van der Waals surface area contributed by atoms with Crippen molar-refractivity contribution in [3.8, 4) is 17.0 Å². The van der Waals surface area contributed by atoms with Gasteiger partial charge >= 0.3 is 5.97 Å². The second kappa shape index (κ2) is 9.78. The van der Waals surface area contributed by atoms with Gasteiger partial charge in [-0.25, -0.2) is 4.79 Å². The first-order chi connectivity index (χ1) is 16.0. The molecule has 0 fully saturated rings. The number of aryl methyl sites for hydroxylation is 1. The lowest BCUT2D eigenvalue weighted by Gasteiger charge is -2.16. The van der Waals surface area contributed by atoms with E-state index in [1.165, 1.54) is 18.2 Å². The minimum Gasteiger partial charge on any atom is -0.497 e. The van der Waals surface area contributed by atoms with Gasteiger partial charge in [0.2, 0.25) is 0 Å². The van der Waals surface area contributed by atoms with Gasteiger partial charge in [0.1, 0.15) is 5.75 Å². The van der Waals surface area contributed by atoms with E-state index in [0.717, 1.165) is 33.8 Å². The molecule has 0 bridgehead atoms. The van der Waals surface area contributed by atoms with Crippen molar-refractivity contribution in [2.75, 3.05) is 14.2 Å². The Hall–Kier alpha value is -3.79. The van der Waals surface area contributed by atoms with Gasteiger partial charge in [0.15, 0.2) is 0 Å². The van der Waals surface area contributed by atoms with Crippen LogP contribution in [-0.2, 0) is 17.7 Å². The van der Waals surface area contributed by atoms with Crippen LogP contribution >= 0.6 is 0 Å². The third kappa shape index (κ3) is 4.70. The van der Waals surface area contributed by atoms with Crippen LogP contribution < -0.4 is 4.74 Å². The van der Waals surface area contributed by atoms with Crippen LogP contribution in [0.5, 0.6) is 5.75 Å². The van der Waals surface area contributed by atoms with Crippen LogP contribution in [0.25, 0.3) is 11.3 Å². The van der Waals surface area contributed by atoms with E-state index in [0.29, 0.717) is 18.5 Å². The van der Waals surface area contributed by atoms with Gasteiger partial charge in [0.05, 0.1) is 25.5 Å². The van der Waals surface area contributed by atoms with E-state index in [-0.39, 0.29) is 5.97 Å². The van der Waals surface area contributed by atoms with E-state index in [1.807, 2.05) is 49.4 Å². The molecule has 0 unspecified atom stereocenters. The van der Waals surface area contributed by atoms with Gasteiger partial charge in [-0.2, -0.15) is 0 Å². The molecule has 0 saturated carbocycles. The minimum absolute atomic E-state index is 0.309. The number of carbonyl (C=O) groups is 1. The largest absolute Gasteiger partial charge is 0.497 e. The number of carbonyl (C=O) groups excluding carboxylic acids is 1. The predicted octanol–water partition coefficient (Wildman–Crippen LogP) is 6.21. The molecule has 4 nitrogen and oxygen atoms in total. The molecule has 1 aromatic heterocycles. The molecule has 0 aliphatic heterocycles. The van der Waals surface area contributed by atoms with Gasteiger partial charge in [-0.05, 0) is 48.2 Å². The summed E-state index contributed by atoms with van der Waals surface area (Å²) in [6.45, 7) is 4.75. The summed E-state index contributed by atoms with van der Waals surface area (Å²) >= 11 is 0. The third-order valence-electron chi connectivity index (χ3n) is 6.04. The van der Waals surface area contributed by atoms with Crippen molar-refractivity contribution in [3.63, 3.8) is 0 Å². The van der Waals surface area contributed by atoms with Gasteiger partial charge in [-0.3, -0.25) is 0 Å². The summed E-state index contributed by atoms with van der Waals surface area (Å²) in [7, 11) is 3.10. The molecule has 4 rings (SSSR count). The Morgan fingerprint density at radius 3 is 2.09 bits per heavy atom. The highest BCUT2D eigenvalue weighted by Gasteiger charge is 2.26. The van der Waals surface area contributed by atoms with Crippen molar-refractivity contribution < 1.29 is 14.3 Å². The van der Waals surface area contributed by atoms with E-state index >= 15 is 0 Å². The molecule has 0 atom stereocenters. The normalized spacial score (nSPS) is 10.8. The molecule has 0 amide bonds. The summed E-state index contributed by atoms with van der Waals surface area (Å²) in [5.74, 6) is 0.499. The average molecular weight is 440 g/mol. The molecule has 1 heterocycles. The number of rotatable bonds is 7. The first-order valence-corrected chi connectivity index (χ1v) is 11.1. The van der Waals surface area contributed by atoms with Crippen LogP contribution in [0.2, 0.25) is 0 Å². The smallest absolute Gasteiger partial charge is 0.339 e. The molecule has 0 spiro atoms. The number of benzene rings is 3. The molecule has 33 heavy (non-hydrogen) atoms. The molecule has 0 N–H and O–H groups in total. The lowest BCUT2D eigenvalue weighted by Crippen LogP contribution is -2.11. The number of methoxy groups -OCH3 is 2. The number of aromatic nitrogens is 1. The first kappa shape index (κ1) is 22.4. The molecular weight excluding hydrogens is 410 g/mol. The lowest BCUT2D eigenvalue weighted by atomic mass is 10.0. The Morgan fingerprint density at radius 1 is 0.818 bits per heavy atom. The molecule has 0 radical (unpaired) electrons. The van der Waals surface area contributed by atoms with Gasteiger partial charge in [0.25, 0.3) is 0 Å². The average Bonchev–Trinajstić information content (AvgIpc) is 3.11. The van der Waals surface area contributed by atoms with E-state index in [1.54, 1.807) is 7.11 Å². The van der Waals surface area contributed by atoms with E-state index in [4.69, 9.17) is 9.47 Å². The number of esters is 1. The van der Waals surface area contributed by atoms with E-state index in [9.17, 15) is 4.79 Å². The number of nitrogens with zero attached hydrogens (tertiary/aromatic N) is 1. The lowest BCUT2D eigenvalue weighted by molar-refractivity contribution is 0.0598. The van der Waals surface area contributed by atoms with Crippen LogP contribution in [-0.4, -0.2) is 24.8 Å². The van der Waals surface area contributed by atoms with E-state index < -0.39 is 0 Å². The zero-order valence-electron chi connectivity index (χ0n) is 19.6. The monoisotopic (exact) mass is 439 g/mol. The fraction of sp³-hybridized carbons (Fsp3) is 0.207. The Labute approximate surface area is 195 Å². The fourth-order valence-corrected chi connectivity index (χ4v) is 4.32. The topological polar surface area (TPSA) is 40.5 Å². The number of hydrogen-bond acceptors (Lipinski definition) is 3. The summed E-state index contributed by atoms with van der Waals surface area (Å²) in [6.07, 6.45) is 0.605. The molecule has 0 aliphatic rings. The quantitative estimate of drug-likeness (QED) is 0.322. The minimum atomic E-state index is -0.309. The van der Waals surface area contributed by atoms with E-state index in [2.05, 4.69) is 47.9 Å². The molecule has 0 aliphatic carbocycles. The predicted molar refractivity (Wildman–Crippen MR) is 132 cm³/mol. The maximum atomic E-state index is 13.0. The molecule has 168 valence electrons. The van der Waals surface area contributed by atoms with Crippen molar-refractivity contribution in [1.29, 1.82) is 0 Å². The summed E-state index contributed by atoms with van der Waals surface area (Å²) in [5.41, 5.74) is 8.12. The van der Waals surface area contributed by atoms with Crippen LogP contribution in [0, 0.1) is 13.8 Å². The van der Waals surface area contributed by atoms with Crippen molar-refractivity contribution in [1.82, 2.24) is 4.57 Å². The highest BCUT2D eigenvalue weighted by atomic mass is 16.5. The van der Waals surface area contributed by atoms with Gasteiger partial charge in [-0.15, -0.1) is 0 Å². The second-order valence-corrected chi connectivity index (χ2v) is 8.25. The molecule has 4 aromatic rings. The standard InChI is InChI=1S/C29H29NO3/c1-20-10-14-24(15-11-20)28-21(2)27(29(31)33-4)26(18-22-12-16-25(32-3)17-13-22)30(28)19-23-8-6-5-7-9-23/h5-17H,18-19H2,1-4H3. The number of ether oxygens (including phenoxy) is 2. The zero-order valence-corrected chi connectivity index (χ0v) is 19.6. The Kier molecular flexibility index (Phi) is 6.64. The zero-order chi connectivity index (χ0) is 23.4. The summed E-state index contributed by atoms with van der Waals surface area (Å²) in [5, 5.41) is 0. The highest BCUT2D eigenvalue weighted by molar-refractivity contribution is 5.95. The molecule has 4 heteroatoms. The molecular formula is C29H29NO3. The van der Waals surface area contributed by atoms with Crippen molar-refractivity contribution >= 4 is 5.97 Å². The SMILES string of the molecule is COC(=O)c1c(C)c(-c2ccc(C)cc2)n(Cc2ccccc2)c1Cc1ccc(OC)cc1. The second-order valence-electron chi connectivity index (χ2n) is 8.25. The van der Waals surface area contributed by atoms with Crippen LogP contribution in [0.3, 0.4) is 0 Å². The maximum absolute atomic E-state index is 13.0. The van der Waals surface area contributed by atoms with Crippen LogP contribution in [0.1, 0.15) is 38.3 Å². The number of hydrogen-bond donors (Lipinski definition) is 0. The van der Waals surface area contributed by atoms with Crippen molar-refractivity contribution in [2.45, 2.75) is 26.8 Å². The maximum Gasteiger partial charge on any atom is 0.339 e. The summed E-state index contributed by atoms with van der Waals surface area (Å²) in [4.78, 5) is 13.0. The van der Waals surface area contributed by atoms with Gasteiger partial charge < -0.3 is 14.0 Å². The Morgan fingerprint density at radius 2 is 1.48 bits per heavy atom. The molecule has 0 saturated heterocycles. The molecule has 3 aromatic carbocycles. The third-order valence-corrected chi connectivity index (χ3v) is 6.04. The van der Waals surface area contributed by atoms with Crippen LogP contribution in [0.15, 0.2) is 78.9 Å². The van der Waals surface area contributed by atoms with Crippen molar-refractivity contribution in [2.24, 2.45) is 0 Å². The first-order valence-electron chi connectivity index (χ1n) is 11.1. The van der Waals surface area contributed by atoms with Gasteiger partial charge in [-0.1, -0.05) is 72.3 Å². The Bertz CT molecular complexity index is 1240. The summed E-state index contributed by atoms with van der Waals surface area (Å²) in [6, 6.07) is 26.8. The van der Waals surface area contributed by atoms with Gasteiger partial charge in [0, 0.05) is 18.7 Å². The fourth-order valence-electron chi connectivity index (χ4n) is 4.32. The highest BCUT2D eigenvalue weighted by Crippen LogP contribution is 2.34. The summed E-state index contributed by atoms with van der Waals surface area (Å²) < 4.78 is 12.8. The van der Waals surface area contributed by atoms with Crippen molar-refractivity contribution in [3.05, 3.63) is 112 Å². The Balaban J connectivity index is 1.93. The van der Waals surface area contributed by atoms with Crippen LogP contribution in [0.4, 0.5) is 0 Å².